The van der Waals surface area contributed by atoms with Crippen molar-refractivity contribution < 1.29 is 9.90 Å². The molecule has 0 aliphatic carbocycles. The number of nitrogens with one attached hydrogen (secondary N) is 2. The van der Waals surface area contributed by atoms with E-state index in [1.165, 1.54) is 6.08 Å². The Labute approximate surface area is 221 Å². The van der Waals surface area contributed by atoms with Gasteiger partial charge in [-0.2, -0.15) is 4.98 Å². The quantitative estimate of drug-likeness (QED) is 0.266. The fraction of sp³-hybridized carbons (Fsp3) is 0.222. The van der Waals surface area contributed by atoms with Crippen molar-refractivity contribution in [2.24, 2.45) is 0 Å². The number of carbonyl (C=O) groups excluding carboxylic acids is 1. The van der Waals surface area contributed by atoms with E-state index in [0.29, 0.717) is 33.7 Å². The van der Waals surface area contributed by atoms with Gasteiger partial charge in [0.25, 0.3) is 0 Å². The van der Waals surface area contributed by atoms with Crippen molar-refractivity contribution in [2.75, 3.05) is 49.8 Å². The van der Waals surface area contributed by atoms with Gasteiger partial charge in [-0.15, -0.1) is 0 Å². The standard InChI is InChI=1S/C27H30ClN7O2/c1-5-26(37)30-22-16-21(18(17-36)15-24(22)34(4)14-13-33(2)3)31-27-29-11-9-25(32-27)35-12-10-19-20(28)7-6-8-23(19)35/h5-12,15-16,36H,1,13-14,17H2,2-4H3,(H,30,37)(H,29,31,32). The number of aromatic nitrogens is 3. The highest BCUT2D eigenvalue weighted by atomic mass is 35.5. The van der Waals surface area contributed by atoms with Crippen LogP contribution in [0.2, 0.25) is 5.02 Å². The van der Waals surface area contributed by atoms with Crippen molar-refractivity contribution in [1.29, 1.82) is 0 Å². The molecule has 192 valence electrons. The largest absolute Gasteiger partial charge is 0.392 e. The van der Waals surface area contributed by atoms with Crippen molar-refractivity contribution in [3.63, 3.8) is 0 Å². The number of hydrogen-bond donors (Lipinski definition) is 3. The third kappa shape index (κ3) is 5.91. The van der Waals surface area contributed by atoms with Gasteiger partial charge in [0.2, 0.25) is 11.9 Å². The van der Waals surface area contributed by atoms with E-state index in [1.807, 2.05) is 67.1 Å². The highest BCUT2D eigenvalue weighted by Crippen LogP contribution is 2.34. The van der Waals surface area contributed by atoms with Crippen LogP contribution in [0.15, 0.2) is 67.5 Å². The molecule has 0 unspecified atom stereocenters. The lowest BCUT2D eigenvalue weighted by Crippen LogP contribution is -2.29. The molecule has 4 rings (SSSR count). The number of likely N-dealkylation sites (N-methyl/N-ethyl adjacent to an activating group) is 2. The molecule has 0 saturated carbocycles. The summed E-state index contributed by atoms with van der Waals surface area (Å²) in [6.45, 7) is 4.88. The number of hydrogen-bond acceptors (Lipinski definition) is 7. The maximum absolute atomic E-state index is 12.2. The van der Waals surface area contributed by atoms with Crippen LogP contribution < -0.4 is 15.5 Å². The fourth-order valence-electron chi connectivity index (χ4n) is 3.94. The molecule has 0 spiro atoms. The van der Waals surface area contributed by atoms with Gasteiger partial charge in [0.1, 0.15) is 5.82 Å². The number of carbonyl (C=O) groups is 1. The van der Waals surface area contributed by atoms with Crippen LogP contribution in [-0.4, -0.2) is 64.7 Å². The molecule has 2 aromatic heterocycles. The van der Waals surface area contributed by atoms with Gasteiger partial charge in [-0.05, 0) is 56.6 Å². The Morgan fingerprint density at radius 2 is 1.97 bits per heavy atom. The number of nitrogens with zero attached hydrogens (tertiary/aromatic N) is 5. The minimum atomic E-state index is -0.332. The first-order valence-electron chi connectivity index (χ1n) is 11.7. The first-order chi connectivity index (χ1) is 17.8. The van der Waals surface area contributed by atoms with Crippen LogP contribution in [0.5, 0.6) is 0 Å². The minimum absolute atomic E-state index is 0.215. The number of anilines is 4. The molecule has 4 aromatic rings. The lowest BCUT2D eigenvalue weighted by Gasteiger charge is -2.26. The van der Waals surface area contributed by atoms with Gasteiger partial charge in [-0.3, -0.25) is 4.79 Å². The monoisotopic (exact) mass is 519 g/mol. The van der Waals surface area contributed by atoms with Gasteiger partial charge in [0.05, 0.1) is 23.5 Å². The normalized spacial score (nSPS) is 11.1. The van der Waals surface area contributed by atoms with E-state index in [9.17, 15) is 9.90 Å². The Kier molecular flexibility index (Phi) is 8.08. The Bertz CT molecular complexity index is 1430. The van der Waals surface area contributed by atoms with Gasteiger partial charge >= 0.3 is 0 Å². The summed E-state index contributed by atoms with van der Waals surface area (Å²) in [5.74, 6) is 0.660. The average molecular weight is 520 g/mol. The molecule has 0 aliphatic rings. The summed E-state index contributed by atoms with van der Waals surface area (Å²) in [6.07, 6.45) is 4.78. The second-order valence-corrected chi connectivity index (χ2v) is 9.23. The maximum atomic E-state index is 12.2. The number of halogens is 1. The molecular formula is C27H30ClN7O2. The van der Waals surface area contributed by atoms with Gasteiger partial charge in [-0.1, -0.05) is 24.2 Å². The molecule has 2 aromatic carbocycles. The van der Waals surface area contributed by atoms with Crippen LogP contribution >= 0.6 is 11.6 Å². The summed E-state index contributed by atoms with van der Waals surface area (Å²) >= 11 is 6.34. The van der Waals surface area contributed by atoms with Crippen LogP contribution in [0.4, 0.5) is 23.0 Å². The zero-order valence-corrected chi connectivity index (χ0v) is 21.8. The van der Waals surface area contributed by atoms with Gasteiger partial charge < -0.3 is 30.1 Å². The van der Waals surface area contributed by atoms with Crippen LogP contribution in [0.3, 0.4) is 0 Å². The summed E-state index contributed by atoms with van der Waals surface area (Å²) in [6, 6.07) is 13.1. The van der Waals surface area contributed by atoms with E-state index in [0.717, 1.165) is 29.7 Å². The summed E-state index contributed by atoms with van der Waals surface area (Å²) < 4.78 is 1.93. The lowest BCUT2D eigenvalue weighted by atomic mass is 10.1. The molecule has 2 heterocycles. The number of amides is 1. The zero-order valence-electron chi connectivity index (χ0n) is 21.1. The smallest absolute Gasteiger partial charge is 0.247 e. The molecular weight excluding hydrogens is 490 g/mol. The predicted molar refractivity (Wildman–Crippen MR) is 150 cm³/mol. The Hall–Kier alpha value is -3.92. The van der Waals surface area contributed by atoms with E-state index in [2.05, 4.69) is 32.1 Å². The first kappa shape index (κ1) is 26.2. The zero-order chi connectivity index (χ0) is 26.5. The van der Waals surface area contributed by atoms with Crippen molar-refractivity contribution in [3.8, 4) is 5.82 Å². The summed E-state index contributed by atoms with van der Waals surface area (Å²) in [4.78, 5) is 25.3. The number of benzene rings is 2. The van der Waals surface area contributed by atoms with E-state index >= 15 is 0 Å². The Morgan fingerprint density at radius 3 is 2.70 bits per heavy atom. The van der Waals surface area contributed by atoms with Crippen molar-refractivity contribution in [1.82, 2.24) is 19.4 Å². The lowest BCUT2D eigenvalue weighted by molar-refractivity contribution is -0.111. The number of aliphatic hydroxyl groups excluding tert-OH is 1. The number of aliphatic hydroxyl groups is 1. The fourth-order valence-corrected chi connectivity index (χ4v) is 4.18. The molecule has 0 fully saturated rings. The van der Waals surface area contributed by atoms with E-state index in [-0.39, 0.29) is 12.5 Å². The topological polar surface area (TPSA) is 98.5 Å². The van der Waals surface area contributed by atoms with Crippen molar-refractivity contribution in [3.05, 3.63) is 78.1 Å². The highest BCUT2D eigenvalue weighted by molar-refractivity contribution is 6.35. The third-order valence-corrected chi connectivity index (χ3v) is 6.27. The minimum Gasteiger partial charge on any atom is -0.392 e. The van der Waals surface area contributed by atoms with E-state index < -0.39 is 0 Å². The number of rotatable bonds is 10. The van der Waals surface area contributed by atoms with Crippen molar-refractivity contribution in [2.45, 2.75) is 6.61 Å². The van der Waals surface area contributed by atoms with Crippen LogP contribution in [0.1, 0.15) is 5.56 Å². The number of fused-ring (bicyclic) bond motifs is 1. The van der Waals surface area contributed by atoms with E-state index in [1.54, 1.807) is 18.3 Å². The maximum Gasteiger partial charge on any atom is 0.247 e. The first-order valence-corrected chi connectivity index (χ1v) is 12.1. The van der Waals surface area contributed by atoms with Crippen molar-refractivity contribution >= 4 is 51.4 Å². The van der Waals surface area contributed by atoms with Gasteiger partial charge in [0, 0.05) is 54.2 Å². The molecule has 1 amide bonds. The summed E-state index contributed by atoms with van der Waals surface area (Å²) in [7, 11) is 5.94. The van der Waals surface area contributed by atoms with Gasteiger partial charge in [0.15, 0.2) is 0 Å². The van der Waals surface area contributed by atoms with Gasteiger partial charge in [-0.25, -0.2) is 4.98 Å². The second kappa shape index (κ2) is 11.4. The molecule has 0 atom stereocenters. The van der Waals surface area contributed by atoms with Crippen LogP contribution in [0.25, 0.3) is 16.7 Å². The van der Waals surface area contributed by atoms with Crippen LogP contribution in [0, 0.1) is 0 Å². The molecule has 37 heavy (non-hydrogen) atoms. The molecule has 0 bridgehead atoms. The molecule has 10 heteroatoms. The summed E-state index contributed by atoms with van der Waals surface area (Å²) in [5.41, 5.74) is 3.48. The van der Waals surface area contributed by atoms with E-state index in [4.69, 9.17) is 11.6 Å². The molecule has 3 N–H and O–H groups in total. The molecule has 9 nitrogen and oxygen atoms in total. The highest BCUT2D eigenvalue weighted by Gasteiger charge is 2.16. The second-order valence-electron chi connectivity index (χ2n) is 8.82. The molecule has 0 radical (unpaired) electrons. The summed E-state index contributed by atoms with van der Waals surface area (Å²) in [5, 5.41) is 17.8. The molecule has 0 aliphatic heterocycles. The average Bonchev–Trinajstić information content (AvgIpc) is 3.33. The predicted octanol–water partition coefficient (Wildman–Crippen LogP) is 4.43. The molecule has 0 saturated heterocycles. The van der Waals surface area contributed by atoms with Crippen LogP contribution in [-0.2, 0) is 11.4 Å². The Balaban J connectivity index is 1.70. The third-order valence-electron chi connectivity index (χ3n) is 5.94. The Morgan fingerprint density at radius 1 is 1.16 bits per heavy atom. The SMILES string of the molecule is C=CC(=O)Nc1cc(Nc2nccc(-n3ccc4c(Cl)cccc43)n2)c(CO)cc1N(C)CCN(C)C.